The zero-order valence-corrected chi connectivity index (χ0v) is 14.6. The molecular weight excluding hydrogens is 314 g/mol. The molecule has 0 spiro atoms. The van der Waals surface area contributed by atoms with Crippen molar-refractivity contribution in [2.24, 2.45) is 0 Å². The molecule has 0 bridgehead atoms. The van der Waals surface area contributed by atoms with E-state index in [0.29, 0.717) is 6.54 Å². The number of anilines is 1. The summed E-state index contributed by atoms with van der Waals surface area (Å²) >= 11 is 0. The lowest BCUT2D eigenvalue weighted by Gasteiger charge is -2.30. The van der Waals surface area contributed by atoms with Gasteiger partial charge in [-0.05, 0) is 50.0 Å². The van der Waals surface area contributed by atoms with Gasteiger partial charge in [-0.15, -0.1) is 0 Å². The molecule has 1 aliphatic rings. The van der Waals surface area contributed by atoms with Gasteiger partial charge in [-0.2, -0.15) is 4.73 Å². The van der Waals surface area contributed by atoms with Crippen molar-refractivity contribution in [2.45, 2.75) is 32.1 Å². The molecule has 5 nitrogen and oxygen atoms in total. The predicted molar refractivity (Wildman–Crippen MR) is 98.3 cm³/mol. The van der Waals surface area contributed by atoms with Crippen LogP contribution in [0.4, 0.5) is 5.69 Å². The van der Waals surface area contributed by atoms with Crippen molar-refractivity contribution in [2.75, 3.05) is 25.0 Å². The normalized spacial score (nSPS) is 15.9. The van der Waals surface area contributed by atoms with E-state index in [4.69, 9.17) is 0 Å². The number of nitrogens with one attached hydrogen (secondary N) is 1. The SMILES string of the molecule is CCc1cccc(NC(=O)CN2CCC(c3cccc[n+]3[O-])CC2)c1. The zero-order valence-electron chi connectivity index (χ0n) is 14.6. The predicted octanol–water partition coefficient (Wildman–Crippen LogP) is 2.70. The smallest absolute Gasteiger partial charge is 0.238 e. The number of carbonyl (C=O) groups is 1. The fourth-order valence-corrected chi connectivity index (χ4v) is 3.42. The van der Waals surface area contributed by atoms with Crippen LogP contribution in [0.25, 0.3) is 0 Å². The molecule has 1 N–H and O–H groups in total. The van der Waals surface area contributed by atoms with Crippen LogP contribution in [0.2, 0.25) is 0 Å². The first-order valence-electron chi connectivity index (χ1n) is 8.95. The molecule has 1 saturated heterocycles. The lowest BCUT2D eigenvalue weighted by Crippen LogP contribution is -2.41. The number of pyridine rings is 1. The Morgan fingerprint density at radius 1 is 1.24 bits per heavy atom. The van der Waals surface area contributed by atoms with Crippen molar-refractivity contribution in [3.8, 4) is 0 Å². The van der Waals surface area contributed by atoms with Crippen molar-refractivity contribution in [3.63, 3.8) is 0 Å². The Morgan fingerprint density at radius 2 is 2.04 bits per heavy atom. The summed E-state index contributed by atoms with van der Waals surface area (Å²) in [5.41, 5.74) is 2.91. The van der Waals surface area contributed by atoms with Crippen LogP contribution in [-0.4, -0.2) is 30.4 Å². The summed E-state index contributed by atoms with van der Waals surface area (Å²) in [4.78, 5) is 14.4. The number of aryl methyl sites for hydroxylation is 1. The molecule has 132 valence electrons. The lowest BCUT2D eigenvalue weighted by atomic mass is 9.93. The summed E-state index contributed by atoms with van der Waals surface area (Å²) in [6, 6.07) is 13.5. The number of hydrogen-bond acceptors (Lipinski definition) is 3. The molecule has 0 unspecified atom stereocenters. The number of aromatic nitrogens is 1. The first-order valence-corrected chi connectivity index (χ1v) is 8.95. The Kier molecular flexibility index (Phi) is 5.66. The second-order valence-corrected chi connectivity index (χ2v) is 6.60. The zero-order chi connectivity index (χ0) is 17.6. The van der Waals surface area contributed by atoms with Gasteiger partial charge in [0.05, 0.1) is 6.54 Å². The van der Waals surface area contributed by atoms with Gasteiger partial charge in [-0.1, -0.05) is 25.1 Å². The first-order chi connectivity index (χ1) is 12.2. The van der Waals surface area contributed by atoms with E-state index < -0.39 is 0 Å². The van der Waals surface area contributed by atoms with E-state index in [1.54, 1.807) is 12.3 Å². The van der Waals surface area contributed by atoms with Gasteiger partial charge in [0.2, 0.25) is 5.91 Å². The quantitative estimate of drug-likeness (QED) is 0.673. The number of benzene rings is 1. The minimum atomic E-state index is 0.0188. The summed E-state index contributed by atoms with van der Waals surface area (Å²) in [6.45, 7) is 4.17. The highest BCUT2D eigenvalue weighted by atomic mass is 16.5. The number of piperidine rings is 1. The first kappa shape index (κ1) is 17.4. The van der Waals surface area contributed by atoms with E-state index in [-0.39, 0.29) is 11.8 Å². The topological polar surface area (TPSA) is 59.3 Å². The highest BCUT2D eigenvalue weighted by Crippen LogP contribution is 2.25. The molecule has 5 heteroatoms. The molecule has 3 rings (SSSR count). The molecule has 1 aliphatic heterocycles. The molecule has 1 fully saturated rings. The maximum Gasteiger partial charge on any atom is 0.238 e. The van der Waals surface area contributed by atoms with Crippen LogP contribution in [0.5, 0.6) is 0 Å². The average molecular weight is 339 g/mol. The van der Waals surface area contributed by atoms with Crippen LogP contribution in [0.15, 0.2) is 48.7 Å². The third-order valence-corrected chi connectivity index (χ3v) is 4.85. The molecule has 0 atom stereocenters. The Balaban J connectivity index is 1.50. The minimum absolute atomic E-state index is 0.0188. The van der Waals surface area contributed by atoms with Crippen molar-refractivity contribution in [3.05, 3.63) is 65.1 Å². The van der Waals surface area contributed by atoms with Gasteiger partial charge in [-0.25, -0.2) is 0 Å². The molecular formula is C20H25N3O2. The van der Waals surface area contributed by atoms with E-state index >= 15 is 0 Å². The summed E-state index contributed by atoms with van der Waals surface area (Å²) in [5.74, 6) is 0.296. The molecule has 1 aromatic heterocycles. The molecule has 0 saturated carbocycles. The molecule has 0 radical (unpaired) electrons. The van der Waals surface area contributed by atoms with E-state index in [1.165, 1.54) is 5.56 Å². The van der Waals surface area contributed by atoms with Crippen LogP contribution in [0.1, 0.15) is 36.9 Å². The van der Waals surface area contributed by atoms with Gasteiger partial charge in [0, 0.05) is 23.7 Å². The number of carbonyl (C=O) groups excluding carboxylic acids is 1. The fraction of sp³-hybridized carbons (Fsp3) is 0.400. The van der Waals surface area contributed by atoms with Gasteiger partial charge in [0.15, 0.2) is 11.9 Å². The van der Waals surface area contributed by atoms with Crippen molar-refractivity contribution >= 4 is 11.6 Å². The third-order valence-electron chi connectivity index (χ3n) is 4.85. The average Bonchev–Trinajstić information content (AvgIpc) is 2.63. The van der Waals surface area contributed by atoms with Crippen LogP contribution in [-0.2, 0) is 11.2 Å². The molecule has 2 heterocycles. The summed E-state index contributed by atoms with van der Waals surface area (Å²) in [7, 11) is 0. The highest BCUT2D eigenvalue weighted by Gasteiger charge is 2.26. The fourth-order valence-electron chi connectivity index (χ4n) is 3.42. The van der Waals surface area contributed by atoms with E-state index in [1.807, 2.05) is 30.3 Å². The lowest BCUT2D eigenvalue weighted by molar-refractivity contribution is -0.616. The van der Waals surface area contributed by atoms with Crippen LogP contribution in [0.3, 0.4) is 0 Å². The molecule has 2 aromatic rings. The van der Waals surface area contributed by atoms with Gasteiger partial charge >= 0.3 is 0 Å². The molecule has 1 aromatic carbocycles. The Labute approximate surface area is 148 Å². The van der Waals surface area contributed by atoms with Crippen molar-refractivity contribution in [1.82, 2.24) is 4.90 Å². The number of likely N-dealkylation sites (tertiary alicyclic amines) is 1. The summed E-state index contributed by atoms with van der Waals surface area (Å²) < 4.78 is 0.966. The number of nitrogens with zero attached hydrogens (tertiary/aromatic N) is 2. The van der Waals surface area contributed by atoms with Crippen molar-refractivity contribution in [1.29, 1.82) is 0 Å². The largest absolute Gasteiger partial charge is 0.618 e. The van der Waals surface area contributed by atoms with Crippen LogP contribution < -0.4 is 10.0 Å². The third kappa shape index (κ3) is 4.57. The van der Waals surface area contributed by atoms with Gasteiger partial charge in [0.25, 0.3) is 0 Å². The maximum absolute atomic E-state index is 12.3. The summed E-state index contributed by atoms with van der Waals surface area (Å²) in [6.07, 6.45) is 4.33. The maximum atomic E-state index is 12.3. The van der Waals surface area contributed by atoms with E-state index in [0.717, 1.165) is 48.5 Å². The standard InChI is InChI=1S/C20H25N3O2/c1-2-16-6-5-7-18(14-16)21-20(24)15-22-12-9-17(10-13-22)19-8-3-4-11-23(19)25/h3-8,11,14,17H,2,9-10,12-13,15H2,1H3,(H,21,24). The summed E-state index contributed by atoms with van der Waals surface area (Å²) in [5, 5.41) is 14.9. The monoisotopic (exact) mass is 339 g/mol. The van der Waals surface area contributed by atoms with E-state index in [9.17, 15) is 10.0 Å². The highest BCUT2D eigenvalue weighted by molar-refractivity contribution is 5.92. The Morgan fingerprint density at radius 3 is 2.76 bits per heavy atom. The second kappa shape index (κ2) is 8.12. The van der Waals surface area contributed by atoms with Crippen LogP contribution >= 0.6 is 0 Å². The molecule has 0 aliphatic carbocycles. The van der Waals surface area contributed by atoms with Crippen LogP contribution in [0, 0.1) is 5.21 Å². The minimum Gasteiger partial charge on any atom is -0.618 e. The van der Waals surface area contributed by atoms with Gasteiger partial charge < -0.3 is 10.5 Å². The van der Waals surface area contributed by atoms with E-state index in [2.05, 4.69) is 23.2 Å². The second-order valence-electron chi connectivity index (χ2n) is 6.60. The Hall–Kier alpha value is -2.40. The van der Waals surface area contributed by atoms with Crippen molar-refractivity contribution < 1.29 is 9.52 Å². The number of rotatable bonds is 5. The van der Waals surface area contributed by atoms with Gasteiger partial charge in [-0.3, -0.25) is 9.69 Å². The molecule has 1 amide bonds. The number of amides is 1. The molecule has 25 heavy (non-hydrogen) atoms. The van der Waals surface area contributed by atoms with Gasteiger partial charge in [0.1, 0.15) is 0 Å². The Bertz CT molecular complexity index is 724. The number of hydrogen-bond donors (Lipinski definition) is 1.